The Balaban J connectivity index is 2.35. The van der Waals surface area contributed by atoms with Crippen LogP contribution in [0, 0.1) is 5.92 Å². The largest absolute Gasteiger partial charge is 0.495 e. The average molecular weight is 313 g/mol. The Morgan fingerprint density at radius 2 is 2.00 bits per heavy atom. The van der Waals surface area contributed by atoms with E-state index >= 15 is 0 Å². The number of nitrogens with one attached hydrogen (secondary N) is 1. The molecule has 0 unspecified atom stereocenters. The summed E-state index contributed by atoms with van der Waals surface area (Å²) in [5, 5.41) is 2.94. The van der Waals surface area contributed by atoms with Gasteiger partial charge in [0.25, 0.3) is 0 Å². The van der Waals surface area contributed by atoms with Crippen LogP contribution in [-0.2, 0) is 9.59 Å². The lowest BCUT2D eigenvalue weighted by Gasteiger charge is -2.20. The maximum Gasteiger partial charge on any atom is 0.227 e. The number of methoxy groups -OCH3 is 2. The van der Waals surface area contributed by atoms with E-state index in [9.17, 15) is 9.59 Å². The van der Waals surface area contributed by atoms with Crippen LogP contribution in [-0.4, -0.2) is 39.6 Å². The number of anilines is 1. The molecule has 21 heavy (non-hydrogen) atoms. The van der Waals surface area contributed by atoms with Crippen molar-refractivity contribution in [3.63, 3.8) is 0 Å². The van der Waals surface area contributed by atoms with Gasteiger partial charge in [-0.2, -0.15) is 0 Å². The van der Waals surface area contributed by atoms with Gasteiger partial charge in [-0.05, 0) is 6.07 Å². The molecule has 1 aliphatic rings. The molecule has 114 valence electrons. The van der Waals surface area contributed by atoms with Gasteiger partial charge in [0.05, 0.1) is 30.8 Å². The van der Waals surface area contributed by atoms with Crippen molar-refractivity contribution < 1.29 is 19.1 Å². The van der Waals surface area contributed by atoms with Gasteiger partial charge in [0.1, 0.15) is 11.5 Å². The van der Waals surface area contributed by atoms with Gasteiger partial charge in [0, 0.05) is 26.1 Å². The molecule has 1 aromatic carbocycles. The van der Waals surface area contributed by atoms with E-state index in [1.165, 1.54) is 19.1 Å². The predicted molar refractivity (Wildman–Crippen MR) is 79.1 cm³/mol. The Kier molecular flexibility index (Phi) is 4.57. The number of carbonyl (C=O) groups excluding carboxylic acids is 2. The van der Waals surface area contributed by atoms with Crippen LogP contribution in [0.25, 0.3) is 0 Å². The summed E-state index contributed by atoms with van der Waals surface area (Å²) in [7, 11) is 4.56. The van der Waals surface area contributed by atoms with Crippen LogP contribution in [0.3, 0.4) is 0 Å². The molecule has 0 saturated carbocycles. The summed E-state index contributed by atoms with van der Waals surface area (Å²) < 4.78 is 10.4. The van der Waals surface area contributed by atoms with Crippen LogP contribution in [0.1, 0.15) is 6.42 Å². The molecule has 7 heteroatoms. The predicted octanol–water partition coefficient (Wildman–Crippen LogP) is 1.46. The fourth-order valence-corrected chi connectivity index (χ4v) is 2.61. The Morgan fingerprint density at radius 3 is 2.57 bits per heavy atom. The molecule has 1 aromatic rings. The Morgan fingerprint density at radius 1 is 1.33 bits per heavy atom. The van der Waals surface area contributed by atoms with Crippen molar-refractivity contribution in [2.24, 2.45) is 5.92 Å². The monoisotopic (exact) mass is 312 g/mol. The van der Waals surface area contributed by atoms with E-state index in [1.807, 2.05) is 0 Å². The van der Waals surface area contributed by atoms with Crippen molar-refractivity contribution >= 4 is 29.1 Å². The number of ether oxygens (including phenoxy) is 2. The number of hydrogen-bond donors (Lipinski definition) is 1. The minimum atomic E-state index is -0.368. The topological polar surface area (TPSA) is 67.9 Å². The third-order valence-corrected chi connectivity index (χ3v) is 3.78. The van der Waals surface area contributed by atoms with Gasteiger partial charge in [0.2, 0.25) is 11.8 Å². The zero-order valence-electron chi connectivity index (χ0n) is 12.1. The van der Waals surface area contributed by atoms with E-state index in [4.69, 9.17) is 21.1 Å². The van der Waals surface area contributed by atoms with E-state index in [2.05, 4.69) is 5.32 Å². The highest BCUT2D eigenvalue weighted by Crippen LogP contribution is 2.40. The smallest absolute Gasteiger partial charge is 0.227 e. The van der Waals surface area contributed by atoms with Crippen LogP contribution in [0.15, 0.2) is 12.1 Å². The summed E-state index contributed by atoms with van der Waals surface area (Å²) >= 11 is 6.11. The number of rotatable bonds is 4. The van der Waals surface area contributed by atoms with Gasteiger partial charge in [0.15, 0.2) is 0 Å². The first-order valence-corrected chi connectivity index (χ1v) is 6.83. The maximum atomic E-state index is 12.2. The second kappa shape index (κ2) is 6.22. The van der Waals surface area contributed by atoms with Crippen molar-refractivity contribution in [3.8, 4) is 11.5 Å². The van der Waals surface area contributed by atoms with E-state index in [0.717, 1.165) is 0 Å². The van der Waals surface area contributed by atoms with Crippen molar-refractivity contribution in [2.45, 2.75) is 6.42 Å². The lowest BCUT2D eigenvalue weighted by Crippen LogP contribution is -2.30. The zero-order chi connectivity index (χ0) is 15.6. The number of nitrogens with zero attached hydrogens (tertiary/aromatic N) is 1. The number of carbonyl (C=O) groups is 2. The molecule has 0 aliphatic carbocycles. The third kappa shape index (κ3) is 2.90. The van der Waals surface area contributed by atoms with Gasteiger partial charge in [-0.15, -0.1) is 0 Å². The molecule has 0 spiro atoms. The quantitative estimate of drug-likeness (QED) is 0.914. The average Bonchev–Trinajstić information content (AvgIpc) is 2.87. The first-order valence-electron chi connectivity index (χ1n) is 6.45. The Hall–Kier alpha value is -1.95. The Labute approximate surface area is 128 Å². The number of halogens is 1. The minimum Gasteiger partial charge on any atom is -0.495 e. The third-order valence-electron chi connectivity index (χ3n) is 3.49. The zero-order valence-corrected chi connectivity index (χ0v) is 12.9. The molecule has 0 radical (unpaired) electrons. The minimum absolute atomic E-state index is 0.136. The summed E-state index contributed by atoms with van der Waals surface area (Å²) in [6, 6.07) is 3.24. The van der Waals surface area contributed by atoms with Crippen molar-refractivity contribution in [1.82, 2.24) is 5.32 Å². The molecule has 0 aromatic heterocycles. The van der Waals surface area contributed by atoms with Gasteiger partial charge >= 0.3 is 0 Å². The van der Waals surface area contributed by atoms with Gasteiger partial charge < -0.3 is 19.7 Å². The SMILES string of the molecule is CNC(=O)[C@@H]1CC(=O)N(c2cc(Cl)c(OC)cc2OC)C1. The van der Waals surface area contributed by atoms with Crippen molar-refractivity contribution in [3.05, 3.63) is 17.2 Å². The fourth-order valence-electron chi connectivity index (χ4n) is 2.38. The molecule has 1 fully saturated rings. The van der Waals surface area contributed by atoms with E-state index < -0.39 is 0 Å². The normalized spacial score (nSPS) is 17.8. The second-order valence-corrected chi connectivity index (χ2v) is 5.09. The number of amides is 2. The highest BCUT2D eigenvalue weighted by atomic mass is 35.5. The van der Waals surface area contributed by atoms with E-state index in [1.54, 1.807) is 19.2 Å². The lowest BCUT2D eigenvalue weighted by molar-refractivity contribution is -0.125. The fraction of sp³-hybridized carbons (Fsp3) is 0.429. The second-order valence-electron chi connectivity index (χ2n) is 4.68. The number of hydrogen-bond acceptors (Lipinski definition) is 4. The first-order chi connectivity index (χ1) is 10.0. The van der Waals surface area contributed by atoms with Crippen molar-refractivity contribution in [1.29, 1.82) is 0 Å². The molecule has 1 saturated heterocycles. The van der Waals surface area contributed by atoms with Crippen LogP contribution in [0.5, 0.6) is 11.5 Å². The summed E-state index contributed by atoms with van der Waals surface area (Å²) in [5.74, 6) is 0.287. The molecule has 2 rings (SSSR count). The Bertz CT molecular complexity index is 576. The van der Waals surface area contributed by atoms with Gasteiger partial charge in [-0.1, -0.05) is 11.6 Å². The lowest BCUT2D eigenvalue weighted by atomic mass is 10.1. The molecule has 1 heterocycles. The van der Waals surface area contributed by atoms with E-state index in [0.29, 0.717) is 28.8 Å². The maximum absolute atomic E-state index is 12.2. The molecule has 0 bridgehead atoms. The van der Waals surface area contributed by atoms with Crippen LogP contribution >= 0.6 is 11.6 Å². The standard InChI is InChI=1S/C14H17ClN2O4/c1-16-14(19)8-4-13(18)17(7-8)10-5-9(15)11(20-2)6-12(10)21-3/h5-6,8H,4,7H2,1-3H3,(H,16,19)/t8-/m1/s1. The molecule has 6 nitrogen and oxygen atoms in total. The summed E-state index contributed by atoms with van der Waals surface area (Å²) in [6.07, 6.45) is 0.173. The van der Waals surface area contributed by atoms with Gasteiger partial charge in [-0.25, -0.2) is 0 Å². The van der Waals surface area contributed by atoms with Crippen LogP contribution in [0.4, 0.5) is 5.69 Å². The molecule has 1 aliphatic heterocycles. The number of benzene rings is 1. The summed E-state index contributed by atoms with van der Waals surface area (Å²) in [6.45, 7) is 0.303. The highest BCUT2D eigenvalue weighted by molar-refractivity contribution is 6.32. The van der Waals surface area contributed by atoms with Gasteiger partial charge in [-0.3, -0.25) is 9.59 Å². The summed E-state index contributed by atoms with van der Waals surface area (Å²) in [4.78, 5) is 25.4. The molecule has 1 atom stereocenters. The molecule has 1 N–H and O–H groups in total. The molecule has 2 amide bonds. The first kappa shape index (κ1) is 15.4. The molecular formula is C14H17ClN2O4. The van der Waals surface area contributed by atoms with Crippen LogP contribution in [0.2, 0.25) is 5.02 Å². The molecular weight excluding hydrogens is 296 g/mol. The van der Waals surface area contributed by atoms with E-state index in [-0.39, 0.29) is 24.2 Å². The van der Waals surface area contributed by atoms with Crippen molar-refractivity contribution in [2.75, 3.05) is 32.7 Å². The highest BCUT2D eigenvalue weighted by Gasteiger charge is 2.36. The summed E-state index contributed by atoms with van der Waals surface area (Å²) in [5.41, 5.74) is 0.541. The van der Waals surface area contributed by atoms with Crippen LogP contribution < -0.4 is 19.7 Å².